The van der Waals surface area contributed by atoms with E-state index in [9.17, 15) is 9.59 Å². The number of esters is 1. The lowest BCUT2D eigenvalue weighted by Gasteiger charge is -2.09. The molecule has 1 rings (SSSR count). The molecule has 1 aromatic rings. The van der Waals surface area contributed by atoms with E-state index in [2.05, 4.69) is 5.32 Å². The summed E-state index contributed by atoms with van der Waals surface area (Å²) < 4.78 is 10.0. The second-order valence-corrected chi connectivity index (χ2v) is 5.51. The Morgan fingerprint density at radius 3 is 2.47 bits per heavy atom. The predicted molar refractivity (Wildman–Crippen MR) is 75.0 cm³/mol. The maximum atomic E-state index is 11.9. The third-order valence-corrected chi connectivity index (χ3v) is 3.55. The van der Waals surface area contributed by atoms with Crippen LogP contribution in [0.1, 0.15) is 41.6 Å². The van der Waals surface area contributed by atoms with Gasteiger partial charge in [-0.1, -0.05) is 0 Å². The smallest absolute Gasteiger partial charge is 0.412 e. The SMILES string of the molecule is CCOC(=O)c1c(NC(=O)OC(C)C)sc(C)c1C. The predicted octanol–water partition coefficient (Wildman–Crippen LogP) is 3.50. The monoisotopic (exact) mass is 285 g/mol. The fraction of sp³-hybridized carbons (Fsp3) is 0.538. The van der Waals surface area contributed by atoms with Crippen LogP contribution < -0.4 is 5.32 Å². The molecule has 0 radical (unpaired) electrons. The average molecular weight is 285 g/mol. The molecule has 0 aliphatic rings. The van der Waals surface area contributed by atoms with Gasteiger partial charge in [0, 0.05) is 4.88 Å². The third kappa shape index (κ3) is 3.96. The molecule has 1 heterocycles. The minimum Gasteiger partial charge on any atom is -0.462 e. The van der Waals surface area contributed by atoms with Gasteiger partial charge >= 0.3 is 12.1 Å². The molecule has 0 bridgehead atoms. The van der Waals surface area contributed by atoms with Crippen LogP contribution >= 0.6 is 11.3 Å². The molecular weight excluding hydrogens is 266 g/mol. The van der Waals surface area contributed by atoms with Gasteiger partial charge in [-0.05, 0) is 40.2 Å². The first-order chi connectivity index (χ1) is 8.86. The zero-order valence-corrected chi connectivity index (χ0v) is 12.6. The maximum Gasteiger partial charge on any atom is 0.412 e. The van der Waals surface area contributed by atoms with Crippen molar-refractivity contribution in [2.24, 2.45) is 0 Å². The lowest BCUT2D eigenvalue weighted by Crippen LogP contribution is -2.19. The number of carbonyl (C=O) groups excluding carboxylic acids is 2. The zero-order valence-electron chi connectivity index (χ0n) is 11.8. The molecule has 0 saturated heterocycles. The highest BCUT2D eigenvalue weighted by molar-refractivity contribution is 7.16. The van der Waals surface area contributed by atoms with Gasteiger partial charge in [-0.2, -0.15) is 0 Å². The normalized spacial score (nSPS) is 10.4. The van der Waals surface area contributed by atoms with Gasteiger partial charge in [0.2, 0.25) is 0 Å². The Bertz CT molecular complexity index is 479. The van der Waals surface area contributed by atoms with Gasteiger partial charge in [0.15, 0.2) is 0 Å². The number of carbonyl (C=O) groups is 2. The molecule has 1 N–H and O–H groups in total. The largest absolute Gasteiger partial charge is 0.462 e. The second kappa shape index (κ2) is 6.56. The number of ether oxygens (including phenoxy) is 2. The van der Waals surface area contributed by atoms with E-state index in [1.165, 1.54) is 11.3 Å². The van der Waals surface area contributed by atoms with E-state index in [4.69, 9.17) is 9.47 Å². The Balaban J connectivity index is 2.97. The van der Waals surface area contributed by atoms with Crippen molar-refractivity contribution in [1.29, 1.82) is 0 Å². The molecule has 0 aliphatic heterocycles. The van der Waals surface area contributed by atoms with Crippen LogP contribution in [0.3, 0.4) is 0 Å². The van der Waals surface area contributed by atoms with Crippen LogP contribution in [0.4, 0.5) is 9.80 Å². The Hall–Kier alpha value is -1.56. The van der Waals surface area contributed by atoms with Crippen molar-refractivity contribution >= 4 is 28.4 Å². The number of hydrogen-bond donors (Lipinski definition) is 1. The molecule has 0 aliphatic carbocycles. The van der Waals surface area contributed by atoms with Crippen molar-refractivity contribution < 1.29 is 19.1 Å². The number of hydrogen-bond acceptors (Lipinski definition) is 5. The van der Waals surface area contributed by atoms with Gasteiger partial charge < -0.3 is 9.47 Å². The topological polar surface area (TPSA) is 64.6 Å². The first kappa shape index (κ1) is 15.5. The molecule has 1 aromatic heterocycles. The molecule has 6 heteroatoms. The van der Waals surface area contributed by atoms with E-state index in [0.29, 0.717) is 17.2 Å². The van der Waals surface area contributed by atoms with Gasteiger partial charge in [0.1, 0.15) is 5.00 Å². The Labute approximate surface area is 116 Å². The number of aryl methyl sites for hydroxylation is 1. The quantitative estimate of drug-likeness (QED) is 0.860. The Morgan fingerprint density at radius 1 is 1.32 bits per heavy atom. The van der Waals surface area contributed by atoms with E-state index in [-0.39, 0.29) is 6.10 Å². The van der Waals surface area contributed by atoms with E-state index >= 15 is 0 Å². The average Bonchev–Trinajstić information content (AvgIpc) is 2.53. The van der Waals surface area contributed by atoms with Crippen LogP contribution in [0.15, 0.2) is 0 Å². The molecule has 1 amide bonds. The van der Waals surface area contributed by atoms with Crippen LogP contribution in [0, 0.1) is 13.8 Å². The van der Waals surface area contributed by atoms with Crippen molar-refractivity contribution in [3.05, 3.63) is 16.0 Å². The molecule has 0 fully saturated rings. The number of amides is 1. The summed E-state index contributed by atoms with van der Waals surface area (Å²) in [5.41, 5.74) is 1.23. The van der Waals surface area contributed by atoms with Crippen LogP contribution in [-0.4, -0.2) is 24.8 Å². The Morgan fingerprint density at radius 2 is 1.95 bits per heavy atom. The van der Waals surface area contributed by atoms with Crippen molar-refractivity contribution in [3.8, 4) is 0 Å². The molecule has 0 unspecified atom stereocenters. The summed E-state index contributed by atoms with van der Waals surface area (Å²) in [5, 5.41) is 3.07. The van der Waals surface area contributed by atoms with Crippen LogP contribution in [0.25, 0.3) is 0 Å². The number of nitrogens with one attached hydrogen (secondary N) is 1. The highest BCUT2D eigenvalue weighted by Gasteiger charge is 2.22. The highest BCUT2D eigenvalue weighted by Crippen LogP contribution is 2.33. The summed E-state index contributed by atoms with van der Waals surface area (Å²) in [5.74, 6) is -0.427. The second-order valence-electron chi connectivity index (χ2n) is 4.29. The summed E-state index contributed by atoms with van der Waals surface area (Å²) in [6.07, 6.45) is -0.782. The van der Waals surface area contributed by atoms with Gasteiger partial charge in [-0.15, -0.1) is 11.3 Å². The number of thiophene rings is 1. The lowest BCUT2D eigenvalue weighted by atomic mass is 10.1. The van der Waals surface area contributed by atoms with Gasteiger partial charge in [0.25, 0.3) is 0 Å². The van der Waals surface area contributed by atoms with E-state index < -0.39 is 12.1 Å². The van der Waals surface area contributed by atoms with E-state index in [1.54, 1.807) is 20.8 Å². The lowest BCUT2D eigenvalue weighted by molar-refractivity contribution is 0.0527. The Kier molecular flexibility index (Phi) is 5.35. The van der Waals surface area contributed by atoms with E-state index in [1.807, 2.05) is 13.8 Å². The molecule has 106 valence electrons. The highest BCUT2D eigenvalue weighted by atomic mass is 32.1. The first-order valence-corrected chi connectivity index (χ1v) is 6.93. The third-order valence-electron chi connectivity index (χ3n) is 2.42. The van der Waals surface area contributed by atoms with Crippen LogP contribution in [0.2, 0.25) is 0 Å². The maximum absolute atomic E-state index is 11.9. The number of anilines is 1. The molecule has 0 atom stereocenters. The zero-order chi connectivity index (χ0) is 14.6. The van der Waals surface area contributed by atoms with Crippen molar-refractivity contribution in [2.45, 2.75) is 40.7 Å². The fourth-order valence-corrected chi connectivity index (χ4v) is 2.53. The van der Waals surface area contributed by atoms with E-state index in [0.717, 1.165) is 10.4 Å². The van der Waals surface area contributed by atoms with Gasteiger partial charge in [-0.3, -0.25) is 5.32 Å². The molecule has 0 aromatic carbocycles. The summed E-state index contributed by atoms with van der Waals surface area (Å²) in [6, 6.07) is 0. The standard InChI is InChI=1S/C13H19NO4S/c1-6-17-12(15)10-8(4)9(5)19-11(10)14-13(16)18-7(2)3/h7H,6H2,1-5H3,(H,14,16). The first-order valence-electron chi connectivity index (χ1n) is 6.11. The summed E-state index contributed by atoms with van der Waals surface area (Å²) in [4.78, 5) is 24.5. The van der Waals surface area contributed by atoms with Gasteiger partial charge in [0.05, 0.1) is 18.3 Å². The van der Waals surface area contributed by atoms with Gasteiger partial charge in [-0.25, -0.2) is 9.59 Å². The van der Waals surface area contributed by atoms with Crippen molar-refractivity contribution in [1.82, 2.24) is 0 Å². The fourth-order valence-electron chi connectivity index (χ4n) is 1.50. The molecule has 19 heavy (non-hydrogen) atoms. The molecule has 5 nitrogen and oxygen atoms in total. The van der Waals surface area contributed by atoms with Crippen molar-refractivity contribution in [2.75, 3.05) is 11.9 Å². The van der Waals surface area contributed by atoms with Crippen molar-refractivity contribution in [3.63, 3.8) is 0 Å². The minimum absolute atomic E-state index is 0.215. The molecule has 0 spiro atoms. The van der Waals surface area contributed by atoms with Crippen LogP contribution in [-0.2, 0) is 9.47 Å². The minimum atomic E-state index is -0.568. The summed E-state index contributed by atoms with van der Waals surface area (Å²) >= 11 is 1.34. The van der Waals surface area contributed by atoms with Crippen LogP contribution in [0.5, 0.6) is 0 Å². The summed E-state index contributed by atoms with van der Waals surface area (Å²) in [7, 11) is 0. The molecule has 0 saturated carbocycles. The number of rotatable bonds is 4. The molecular formula is C13H19NO4S. The summed E-state index contributed by atoms with van der Waals surface area (Å²) in [6.45, 7) is 9.28.